The molecule has 0 aromatic heterocycles. The number of nitrogens with two attached hydrogens (primary N) is 1. The summed E-state index contributed by atoms with van der Waals surface area (Å²) < 4.78 is 5.81. The van der Waals surface area contributed by atoms with Gasteiger partial charge in [0.25, 0.3) is 0 Å². The molecule has 1 amide bonds. The zero-order chi connectivity index (χ0) is 13.0. The Bertz CT molecular complexity index is 281. The van der Waals surface area contributed by atoms with Crippen molar-refractivity contribution < 1.29 is 9.53 Å². The number of ether oxygens (including phenoxy) is 1. The molecule has 2 aliphatic rings. The largest absolute Gasteiger partial charge is 0.374 e. The van der Waals surface area contributed by atoms with Crippen LogP contribution in [0.25, 0.3) is 0 Å². The number of rotatable bonds is 4. The van der Waals surface area contributed by atoms with Crippen molar-refractivity contribution >= 4 is 5.91 Å². The number of hydrogen-bond donors (Lipinski definition) is 1. The zero-order valence-corrected chi connectivity index (χ0v) is 11.4. The average Bonchev–Trinajstić information content (AvgIpc) is 2.43. The molecule has 104 valence electrons. The van der Waals surface area contributed by atoms with Crippen LogP contribution in [0.3, 0.4) is 0 Å². The number of carbonyl (C=O) groups is 1. The third kappa shape index (κ3) is 2.86. The molecule has 4 heteroatoms. The van der Waals surface area contributed by atoms with Crippen molar-refractivity contribution in [2.45, 2.75) is 57.6 Å². The van der Waals surface area contributed by atoms with E-state index in [2.05, 4.69) is 11.8 Å². The predicted octanol–water partition coefficient (Wildman–Crippen LogP) is 1.53. The van der Waals surface area contributed by atoms with Gasteiger partial charge in [-0.3, -0.25) is 4.79 Å². The Labute approximate surface area is 110 Å². The molecule has 1 saturated carbocycles. The van der Waals surface area contributed by atoms with Crippen LogP contribution >= 0.6 is 0 Å². The number of nitrogens with zero attached hydrogens (tertiary/aromatic N) is 1. The Hall–Kier alpha value is -0.610. The van der Waals surface area contributed by atoms with E-state index in [4.69, 9.17) is 10.5 Å². The van der Waals surface area contributed by atoms with E-state index in [-0.39, 0.29) is 17.9 Å². The molecule has 1 aliphatic carbocycles. The topological polar surface area (TPSA) is 55.6 Å². The predicted molar refractivity (Wildman–Crippen MR) is 71.2 cm³/mol. The van der Waals surface area contributed by atoms with Gasteiger partial charge in [-0.05, 0) is 19.3 Å². The summed E-state index contributed by atoms with van der Waals surface area (Å²) in [6, 6.07) is 0.311. The Morgan fingerprint density at radius 3 is 2.94 bits per heavy atom. The lowest BCUT2D eigenvalue weighted by Gasteiger charge is -2.44. The minimum Gasteiger partial charge on any atom is -0.374 e. The van der Waals surface area contributed by atoms with Crippen LogP contribution in [-0.2, 0) is 9.53 Å². The van der Waals surface area contributed by atoms with Crippen LogP contribution < -0.4 is 5.73 Å². The molecule has 1 heterocycles. The second kappa shape index (κ2) is 6.53. The Balaban J connectivity index is 2.03. The third-order valence-electron chi connectivity index (χ3n) is 4.29. The maximum Gasteiger partial charge on any atom is 0.227 e. The summed E-state index contributed by atoms with van der Waals surface area (Å²) in [5, 5.41) is 0. The van der Waals surface area contributed by atoms with Crippen molar-refractivity contribution in [3.05, 3.63) is 0 Å². The van der Waals surface area contributed by atoms with Crippen LogP contribution in [0.2, 0.25) is 0 Å². The molecular weight excluding hydrogens is 228 g/mol. The minimum absolute atomic E-state index is 0.00989. The first-order valence-corrected chi connectivity index (χ1v) is 7.40. The second-order valence-electron chi connectivity index (χ2n) is 5.51. The molecule has 0 aromatic rings. The van der Waals surface area contributed by atoms with Gasteiger partial charge in [-0.25, -0.2) is 0 Å². The van der Waals surface area contributed by atoms with E-state index in [1.165, 1.54) is 12.8 Å². The molecule has 2 rings (SSSR count). The smallest absolute Gasteiger partial charge is 0.227 e. The van der Waals surface area contributed by atoms with E-state index in [0.717, 1.165) is 32.2 Å². The van der Waals surface area contributed by atoms with Crippen LogP contribution in [0, 0.1) is 5.92 Å². The summed E-state index contributed by atoms with van der Waals surface area (Å²) >= 11 is 0. The molecule has 0 bridgehead atoms. The van der Waals surface area contributed by atoms with Crippen molar-refractivity contribution in [3.8, 4) is 0 Å². The monoisotopic (exact) mass is 254 g/mol. The molecule has 0 radical (unpaired) electrons. The molecule has 1 aliphatic heterocycles. The number of fused-ring (bicyclic) bond motifs is 1. The highest BCUT2D eigenvalue weighted by atomic mass is 16.5. The van der Waals surface area contributed by atoms with Gasteiger partial charge in [-0.1, -0.05) is 26.2 Å². The summed E-state index contributed by atoms with van der Waals surface area (Å²) in [6.07, 6.45) is 6.86. The normalized spacial score (nSPS) is 29.8. The fourth-order valence-corrected chi connectivity index (χ4v) is 3.30. The van der Waals surface area contributed by atoms with Crippen LogP contribution in [-0.4, -0.2) is 42.6 Å². The Morgan fingerprint density at radius 1 is 1.44 bits per heavy atom. The van der Waals surface area contributed by atoms with Gasteiger partial charge in [0, 0.05) is 13.1 Å². The summed E-state index contributed by atoms with van der Waals surface area (Å²) in [6.45, 7) is 4.02. The van der Waals surface area contributed by atoms with E-state index < -0.39 is 0 Å². The van der Waals surface area contributed by atoms with E-state index in [1.54, 1.807) is 0 Å². The lowest BCUT2D eigenvalue weighted by atomic mass is 9.89. The van der Waals surface area contributed by atoms with E-state index in [1.807, 2.05) is 0 Å². The van der Waals surface area contributed by atoms with Gasteiger partial charge in [-0.15, -0.1) is 0 Å². The summed E-state index contributed by atoms with van der Waals surface area (Å²) in [7, 11) is 0. The fourth-order valence-electron chi connectivity index (χ4n) is 3.30. The molecule has 1 saturated heterocycles. The molecule has 2 N–H and O–H groups in total. The van der Waals surface area contributed by atoms with E-state index >= 15 is 0 Å². The van der Waals surface area contributed by atoms with Gasteiger partial charge in [0.15, 0.2) is 0 Å². The summed E-state index contributed by atoms with van der Waals surface area (Å²) in [5.74, 6) is 0.273. The highest BCUT2D eigenvalue weighted by Crippen LogP contribution is 2.29. The molecule has 3 atom stereocenters. The SMILES string of the molecule is CCCC(CN)C(=O)N1CCOC2CCCCC21. The Kier molecular flexibility index (Phi) is 5.01. The molecule has 0 spiro atoms. The maximum atomic E-state index is 12.6. The molecule has 18 heavy (non-hydrogen) atoms. The van der Waals surface area contributed by atoms with Gasteiger partial charge >= 0.3 is 0 Å². The van der Waals surface area contributed by atoms with Crippen molar-refractivity contribution in [2.75, 3.05) is 19.7 Å². The lowest BCUT2D eigenvalue weighted by molar-refractivity contribution is -0.153. The van der Waals surface area contributed by atoms with Crippen LogP contribution in [0.5, 0.6) is 0 Å². The van der Waals surface area contributed by atoms with Gasteiger partial charge in [-0.2, -0.15) is 0 Å². The number of carbonyl (C=O) groups excluding carboxylic acids is 1. The Morgan fingerprint density at radius 2 is 2.22 bits per heavy atom. The van der Waals surface area contributed by atoms with Crippen molar-refractivity contribution in [2.24, 2.45) is 11.7 Å². The van der Waals surface area contributed by atoms with Crippen LogP contribution in [0.1, 0.15) is 45.4 Å². The first-order chi connectivity index (χ1) is 8.77. The van der Waals surface area contributed by atoms with Crippen LogP contribution in [0.4, 0.5) is 0 Å². The van der Waals surface area contributed by atoms with E-state index in [9.17, 15) is 4.79 Å². The molecular formula is C14H26N2O2. The third-order valence-corrected chi connectivity index (χ3v) is 4.29. The maximum absolute atomic E-state index is 12.6. The molecule has 0 aromatic carbocycles. The fraction of sp³-hybridized carbons (Fsp3) is 0.929. The highest BCUT2D eigenvalue weighted by Gasteiger charge is 2.38. The average molecular weight is 254 g/mol. The standard InChI is InChI=1S/C14H26N2O2/c1-2-5-11(10-15)14(17)16-8-9-18-13-7-4-3-6-12(13)16/h11-13H,2-10,15H2,1H3. The van der Waals surface area contributed by atoms with Crippen LogP contribution in [0.15, 0.2) is 0 Å². The van der Waals surface area contributed by atoms with Crippen molar-refractivity contribution in [3.63, 3.8) is 0 Å². The lowest BCUT2D eigenvalue weighted by Crippen LogP contribution is -2.56. The zero-order valence-electron chi connectivity index (χ0n) is 11.4. The first-order valence-electron chi connectivity index (χ1n) is 7.40. The van der Waals surface area contributed by atoms with Crippen molar-refractivity contribution in [1.29, 1.82) is 0 Å². The molecule has 2 fully saturated rings. The summed E-state index contributed by atoms with van der Waals surface area (Å²) in [4.78, 5) is 14.6. The number of hydrogen-bond acceptors (Lipinski definition) is 3. The van der Waals surface area contributed by atoms with Gasteiger partial charge in [0.1, 0.15) is 0 Å². The van der Waals surface area contributed by atoms with Gasteiger partial charge in [0.2, 0.25) is 5.91 Å². The highest BCUT2D eigenvalue weighted by molar-refractivity contribution is 5.79. The van der Waals surface area contributed by atoms with Gasteiger partial charge < -0.3 is 15.4 Å². The minimum atomic E-state index is 0.00989. The van der Waals surface area contributed by atoms with Gasteiger partial charge in [0.05, 0.1) is 24.7 Å². The van der Waals surface area contributed by atoms with E-state index in [0.29, 0.717) is 19.2 Å². The number of amides is 1. The molecule has 3 unspecified atom stereocenters. The number of morpholine rings is 1. The second-order valence-corrected chi connectivity index (χ2v) is 5.51. The molecule has 4 nitrogen and oxygen atoms in total. The van der Waals surface area contributed by atoms with Crippen molar-refractivity contribution in [1.82, 2.24) is 4.90 Å². The quantitative estimate of drug-likeness (QED) is 0.828. The summed E-state index contributed by atoms with van der Waals surface area (Å²) in [5.41, 5.74) is 5.76. The first kappa shape index (κ1) is 13.8.